The lowest BCUT2D eigenvalue weighted by molar-refractivity contribution is 0.0997. The van der Waals surface area contributed by atoms with Crippen LogP contribution in [0, 0.1) is 0 Å². The molecule has 1 aromatic heterocycles. The molecule has 0 atom stereocenters. The van der Waals surface area contributed by atoms with Gasteiger partial charge in [-0.1, -0.05) is 54.6 Å². The van der Waals surface area contributed by atoms with Gasteiger partial charge in [0.1, 0.15) is 0 Å². The summed E-state index contributed by atoms with van der Waals surface area (Å²) >= 11 is 1.53. The van der Waals surface area contributed by atoms with Crippen molar-refractivity contribution < 1.29 is 9.90 Å². The summed E-state index contributed by atoms with van der Waals surface area (Å²) in [5.74, 6) is 0.148. The van der Waals surface area contributed by atoms with Crippen LogP contribution in [0.3, 0.4) is 0 Å². The van der Waals surface area contributed by atoms with E-state index in [1.165, 1.54) is 11.3 Å². The lowest BCUT2D eigenvalue weighted by atomic mass is 10.1. The Hall–Kier alpha value is -3.21. The summed E-state index contributed by atoms with van der Waals surface area (Å²) in [5.41, 5.74) is 5.23. The predicted molar refractivity (Wildman–Crippen MR) is 125 cm³/mol. The first-order valence-corrected chi connectivity index (χ1v) is 10.8. The fourth-order valence-corrected chi connectivity index (χ4v) is 4.25. The number of carbonyl (C=O) groups is 1. The molecule has 0 saturated heterocycles. The number of benzene rings is 3. The molecule has 0 aliphatic rings. The minimum atomic E-state index is 0.148. The van der Waals surface area contributed by atoms with Crippen LogP contribution in [-0.2, 0) is 12.8 Å². The Balaban J connectivity index is 1.47. The summed E-state index contributed by atoms with van der Waals surface area (Å²) in [6.45, 7) is 0.158. The summed E-state index contributed by atoms with van der Waals surface area (Å²) in [5, 5.41) is 12.5. The molecule has 0 radical (unpaired) electrons. The summed E-state index contributed by atoms with van der Waals surface area (Å²) in [4.78, 5) is 14.5. The molecular formula is C26H23NO2S. The molecule has 2 N–H and O–H groups in total. The van der Waals surface area contributed by atoms with Gasteiger partial charge in [-0.25, -0.2) is 0 Å². The van der Waals surface area contributed by atoms with Crippen LogP contribution in [0.2, 0.25) is 0 Å². The SMILES string of the molecule is O=C(Cc1ccccc1)c1ccc(-c2cccc(Nc3ccc(CCO)cc3)c2)s1. The maximum Gasteiger partial charge on any atom is 0.177 e. The zero-order valence-electron chi connectivity index (χ0n) is 16.5. The molecule has 0 unspecified atom stereocenters. The van der Waals surface area contributed by atoms with Gasteiger partial charge < -0.3 is 10.4 Å². The van der Waals surface area contributed by atoms with Crippen LogP contribution in [0.15, 0.2) is 91.0 Å². The standard InChI is InChI=1S/C26H23NO2S/c28-16-15-19-9-11-22(12-10-19)27-23-8-4-7-21(18-23)25-13-14-26(30-25)24(29)17-20-5-2-1-3-6-20/h1-14,18,27-28H,15-17H2. The van der Waals surface area contributed by atoms with E-state index in [9.17, 15) is 4.79 Å². The van der Waals surface area contributed by atoms with E-state index in [0.717, 1.165) is 37.8 Å². The molecular weight excluding hydrogens is 390 g/mol. The Labute approximate surface area is 180 Å². The smallest absolute Gasteiger partial charge is 0.177 e. The molecule has 0 spiro atoms. The number of aliphatic hydroxyl groups is 1. The molecule has 0 fully saturated rings. The topological polar surface area (TPSA) is 49.3 Å². The van der Waals surface area contributed by atoms with Crippen molar-refractivity contribution in [2.45, 2.75) is 12.8 Å². The predicted octanol–water partition coefficient (Wildman–Crippen LogP) is 6.12. The van der Waals surface area contributed by atoms with Crippen molar-refractivity contribution in [3.63, 3.8) is 0 Å². The second-order valence-electron chi connectivity index (χ2n) is 7.13. The third-order valence-corrected chi connectivity index (χ3v) is 6.05. The van der Waals surface area contributed by atoms with Gasteiger partial charge in [-0.05, 0) is 59.5 Å². The number of hydrogen-bond acceptors (Lipinski definition) is 4. The number of Topliss-reactive ketones (excluding diaryl/α,β-unsaturated/α-hetero) is 1. The number of thiophene rings is 1. The van der Waals surface area contributed by atoms with Crippen molar-refractivity contribution in [3.8, 4) is 10.4 Å². The van der Waals surface area contributed by atoms with E-state index in [1.807, 2.05) is 78.9 Å². The van der Waals surface area contributed by atoms with Crippen LogP contribution in [0.4, 0.5) is 11.4 Å². The highest BCUT2D eigenvalue weighted by Gasteiger charge is 2.11. The average molecular weight is 414 g/mol. The number of aliphatic hydroxyl groups excluding tert-OH is 1. The highest BCUT2D eigenvalue weighted by molar-refractivity contribution is 7.17. The van der Waals surface area contributed by atoms with Crippen LogP contribution in [-0.4, -0.2) is 17.5 Å². The monoisotopic (exact) mass is 413 g/mol. The first kappa shape index (κ1) is 20.1. The highest BCUT2D eigenvalue weighted by Crippen LogP contribution is 2.31. The number of carbonyl (C=O) groups excluding carboxylic acids is 1. The van der Waals surface area contributed by atoms with Gasteiger partial charge in [0.05, 0.1) is 4.88 Å². The average Bonchev–Trinajstić information content (AvgIpc) is 3.27. The molecule has 30 heavy (non-hydrogen) atoms. The van der Waals surface area contributed by atoms with Gasteiger partial charge >= 0.3 is 0 Å². The molecule has 0 bridgehead atoms. The molecule has 4 rings (SSSR count). The molecule has 4 aromatic rings. The minimum Gasteiger partial charge on any atom is -0.396 e. The normalized spacial score (nSPS) is 10.7. The van der Waals surface area contributed by atoms with Crippen LogP contribution in [0.25, 0.3) is 10.4 Å². The van der Waals surface area contributed by atoms with Gasteiger partial charge in [0.15, 0.2) is 5.78 Å². The third kappa shape index (κ3) is 5.03. The van der Waals surface area contributed by atoms with Crippen molar-refractivity contribution in [2.75, 3.05) is 11.9 Å². The van der Waals surface area contributed by atoms with E-state index in [1.54, 1.807) is 0 Å². The van der Waals surface area contributed by atoms with Gasteiger partial charge in [-0.3, -0.25) is 4.79 Å². The fourth-order valence-electron chi connectivity index (χ4n) is 3.31. The number of rotatable bonds is 8. The largest absolute Gasteiger partial charge is 0.396 e. The van der Waals surface area contributed by atoms with E-state index >= 15 is 0 Å². The summed E-state index contributed by atoms with van der Waals surface area (Å²) in [6, 6.07) is 30.1. The van der Waals surface area contributed by atoms with Crippen molar-refractivity contribution in [1.29, 1.82) is 0 Å². The van der Waals surface area contributed by atoms with Gasteiger partial charge in [-0.15, -0.1) is 11.3 Å². The summed E-state index contributed by atoms with van der Waals surface area (Å²) in [6.07, 6.45) is 1.09. The fraction of sp³-hybridized carbons (Fsp3) is 0.115. The summed E-state index contributed by atoms with van der Waals surface area (Å²) in [7, 11) is 0. The molecule has 0 aliphatic heterocycles. The van der Waals surface area contributed by atoms with Crippen molar-refractivity contribution in [3.05, 3.63) is 107 Å². The molecule has 3 aromatic carbocycles. The zero-order chi connectivity index (χ0) is 20.8. The number of anilines is 2. The molecule has 0 aliphatic carbocycles. The first-order valence-electron chi connectivity index (χ1n) is 9.95. The Morgan fingerprint density at radius 1 is 0.800 bits per heavy atom. The molecule has 3 nitrogen and oxygen atoms in total. The second-order valence-corrected chi connectivity index (χ2v) is 8.21. The number of ketones is 1. The van der Waals surface area contributed by atoms with E-state index in [0.29, 0.717) is 12.8 Å². The molecule has 0 saturated carbocycles. The molecule has 1 heterocycles. The Morgan fingerprint density at radius 2 is 1.60 bits per heavy atom. The molecule has 150 valence electrons. The van der Waals surface area contributed by atoms with Crippen molar-refractivity contribution in [2.24, 2.45) is 0 Å². The van der Waals surface area contributed by atoms with Gasteiger partial charge in [0, 0.05) is 29.3 Å². The lowest BCUT2D eigenvalue weighted by Crippen LogP contribution is -2.00. The maximum absolute atomic E-state index is 12.6. The van der Waals surface area contributed by atoms with Crippen LogP contribution in [0.5, 0.6) is 0 Å². The zero-order valence-corrected chi connectivity index (χ0v) is 17.4. The van der Waals surface area contributed by atoms with E-state index < -0.39 is 0 Å². The Morgan fingerprint density at radius 3 is 2.37 bits per heavy atom. The third-order valence-electron chi connectivity index (χ3n) is 4.88. The summed E-state index contributed by atoms with van der Waals surface area (Å²) < 4.78 is 0. The number of nitrogens with one attached hydrogen (secondary N) is 1. The van der Waals surface area contributed by atoms with E-state index in [-0.39, 0.29) is 12.4 Å². The minimum absolute atomic E-state index is 0.148. The van der Waals surface area contributed by atoms with E-state index in [4.69, 9.17) is 5.11 Å². The second kappa shape index (κ2) is 9.53. The maximum atomic E-state index is 12.6. The molecule has 4 heteroatoms. The Kier molecular flexibility index (Phi) is 6.38. The van der Waals surface area contributed by atoms with Crippen LogP contribution >= 0.6 is 11.3 Å². The van der Waals surface area contributed by atoms with Crippen molar-refractivity contribution >= 4 is 28.5 Å². The first-order chi connectivity index (χ1) is 14.7. The molecule has 0 amide bonds. The van der Waals surface area contributed by atoms with Gasteiger partial charge in [0.2, 0.25) is 0 Å². The lowest BCUT2D eigenvalue weighted by Gasteiger charge is -2.09. The van der Waals surface area contributed by atoms with Gasteiger partial charge in [0.25, 0.3) is 0 Å². The van der Waals surface area contributed by atoms with Crippen LogP contribution < -0.4 is 5.32 Å². The van der Waals surface area contributed by atoms with Crippen molar-refractivity contribution in [1.82, 2.24) is 0 Å². The Bertz CT molecular complexity index is 1120. The quantitative estimate of drug-likeness (QED) is 0.342. The highest BCUT2D eigenvalue weighted by atomic mass is 32.1. The van der Waals surface area contributed by atoms with Gasteiger partial charge in [-0.2, -0.15) is 0 Å². The number of hydrogen-bond donors (Lipinski definition) is 2. The van der Waals surface area contributed by atoms with E-state index in [2.05, 4.69) is 17.4 Å². The van der Waals surface area contributed by atoms with Crippen LogP contribution in [0.1, 0.15) is 20.8 Å².